The van der Waals surface area contributed by atoms with Crippen molar-refractivity contribution in [2.24, 2.45) is 23.7 Å². The molecular formula is C21H23ClN2O5. The molecule has 3 amide bonds. The zero-order chi connectivity index (χ0) is 20.9. The number of halogens is 1. The molecule has 0 spiro atoms. The lowest BCUT2D eigenvalue weighted by molar-refractivity contribution is -0.159. The topological polar surface area (TPSA) is 92.8 Å². The Kier molecular flexibility index (Phi) is 5.11. The summed E-state index contributed by atoms with van der Waals surface area (Å²) in [4.78, 5) is 51.1. The third kappa shape index (κ3) is 3.41. The van der Waals surface area contributed by atoms with E-state index >= 15 is 0 Å². The van der Waals surface area contributed by atoms with Gasteiger partial charge in [0.2, 0.25) is 11.8 Å². The highest BCUT2D eigenvalue weighted by atomic mass is 35.5. The average Bonchev–Trinajstić information content (AvgIpc) is 3.36. The third-order valence-corrected chi connectivity index (χ3v) is 6.90. The second kappa shape index (κ2) is 7.44. The Bertz CT molecular complexity index is 873. The fourth-order valence-electron chi connectivity index (χ4n) is 5.04. The molecule has 0 aromatic heterocycles. The largest absolute Gasteiger partial charge is 0.454 e. The quantitative estimate of drug-likeness (QED) is 0.586. The number of imide groups is 1. The van der Waals surface area contributed by atoms with Gasteiger partial charge in [-0.2, -0.15) is 0 Å². The Labute approximate surface area is 173 Å². The summed E-state index contributed by atoms with van der Waals surface area (Å²) in [5, 5.41) is 3.11. The molecule has 2 saturated carbocycles. The molecule has 1 aromatic rings. The second-order valence-electron chi connectivity index (χ2n) is 8.23. The molecule has 5 atom stereocenters. The minimum absolute atomic E-state index is 0.252. The standard InChI is InChI=1S/C21H23ClN2O5/c1-10-3-6-14(8-15(10)22)23-16(25)9-29-21(28)11(2)24-19(26)17-12-4-5-13(7-12)18(17)20(24)27/h3,6,8,11-13,17-18H,4-5,7,9H2,1-2H3,(H,23,25)/t11-,12-,13-,17+,18+/m1/s1. The van der Waals surface area contributed by atoms with E-state index in [2.05, 4.69) is 5.32 Å². The zero-order valence-corrected chi connectivity index (χ0v) is 17.1. The summed E-state index contributed by atoms with van der Waals surface area (Å²) in [7, 11) is 0. The predicted molar refractivity (Wildman–Crippen MR) is 105 cm³/mol. The highest BCUT2D eigenvalue weighted by Crippen LogP contribution is 2.56. The smallest absolute Gasteiger partial charge is 0.329 e. The molecule has 3 fully saturated rings. The van der Waals surface area contributed by atoms with E-state index < -0.39 is 24.5 Å². The first-order valence-corrected chi connectivity index (χ1v) is 10.2. The number of likely N-dealkylation sites (tertiary alicyclic amines) is 1. The number of esters is 1. The van der Waals surface area contributed by atoms with Gasteiger partial charge in [-0.25, -0.2) is 4.79 Å². The van der Waals surface area contributed by atoms with Gasteiger partial charge < -0.3 is 10.1 Å². The number of anilines is 1. The van der Waals surface area contributed by atoms with E-state index in [4.69, 9.17) is 16.3 Å². The van der Waals surface area contributed by atoms with Crippen LogP contribution in [0.1, 0.15) is 31.7 Å². The monoisotopic (exact) mass is 418 g/mol. The van der Waals surface area contributed by atoms with E-state index in [-0.39, 0.29) is 35.5 Å². The van der Waals surface area contributed by atoms with E-state index in [1.165, 1.54) is 6.92 Å². The first-order chi connectivity index (χ1) is 13.8. The van der Waals surface area contributed by atoms with E-state index in [9.17, 15) is 19.2 Å². The molecule has 3 aliphatic rings. The van der Waals surface area contributed by atoms with Crippen LogP contribution in [0.15, 0.2) is 18.2 Å². The lowest BCUT2D eigenvalue weighted by Crippen LogP contribution is -2.45. The summed E-state index contributed by atoms with van der Waals surface area (Å²) >= 11 is 6.03. The molecule has 29 heavy (non-hydrogen) atoms. The number of benzene rings is 1. The third-order valence-electron chi connectivity index (χ3n) is 6.49. The molecule has 1 N–H and O–H groups in total. The Morgan fingerprint density at radius 1 is 1.21 bits per heavy atom. The van der Waals surface area contributed by atoms with Crippen molar-refractivity contribution in [2.75, 3.05) is 11.9 Å². The van der Waals surface area contributed by atoms with Crippen LogP contribution in [-0.4, -0.2) is 41.2 Å². The zero-order valence-electron chi connectivity index (χ0n) is 16.3. The van der Waals surface area contributed by atoms with Crippen LogP contribution in [0.25, 0.3) is 0 Å². The number of hydrogen-bond acceptors (Lipinski definition) is 5. The van der Waals surface area contributed by atoms with Gasteiger partial charge in [0.25, 0.3) is 5.91 Å². The van der Waals surface area contributed by atoms with E-state index in [0.29, 0.717) is 10.7 Å². The number of nitrogens with one attached hydrogen (secondary N) is 1. The average molecular weight is 419 g/mol. The molecule has 8 heteroatoms. The Balaban J connectivity index is 1.34. The molecule has 1 aromatic carbocycles. The molecule has 1 heterocycles. The Hall–Kier alpha value is -2.41. The number of carbonyl (C=O) groups is 4. The van der Waals surface area contributed by atoms with Crippen LogP contribution < -0.4 is 5.32 Å². The van der Waals surface area contributed by atoms with Crippen molar-refractivity contribution < 1.29 is 23.9 Å². The maximum Gasteiger partial charge on any atom is 0.329 e. The van der Waals surface area contributed by atoms with Crippen molar-refractivity contribution in [2.45, 2.75) is 39.2 Å². The van der Waals surface area contributed by atoms with Gasteiger partial charge in [-0.1, -0.05) is 17.7 Å². The predicted octanol–water partition coefficient (Wildman–Crippen LogP) is 2.55. The van der Waals surface area contributed by atoms with Crippen LogP contribution in [0.2, 0.25) is 5.02 Å². The van der Waals surface area contributed by atoms with E-state index in [1.807, 2.05) is 6.92 Å². The fraction of sp³-hybridized carbons (Fsp3) is 0.524. The lowest BCUT2D eigenvalue weighted by Gasteiger charge is -2.23. The van der Waals surface area contributed by atoms with Crippen molar-refractivity contribution in [3.63, 3.8) is 0 Å². The maximum absolute atomic E-state index is 12.8. The lowest BCUT2D eigenvalue weighted by atomic mass is 9.81. The van der Waals surface area contributed by atoms with Gasteiger partial charge in [0.15, 0.2) is 6.61 Å². The van der Waals surface area contributed by atoms with Crippen LogP contribution in [-0.2, 0) is 23.9 Å². The number of rotatable bonds is 5. The molecular weight excluding hydrogens is 396 g/mol. The minimum Gasteiger partial charge on any atom is -0.454 e. The summed E-state index contributed by atoms with van der Waals surface area (Å²) in [6, 6.07) is 4.02. The Morgan fingerprint density at radius 3 is 2.41 bits per heavy atom. The number of ether oxygens (including phenoxy) is 1. The molecule has 2 bridgehead atoms. The summed E-state index contributed by atoms with van der Waals surface area (Å²) in [6.45, 7) is 2.80. The number of hydrogen-bond donors (Lipinski definition) is 1. The maximum atomic E-state index is 12.8. The summed E-state index contributed by atoms with van der Waals surface area (Å²) < 4.78 is 5.06. The number of nitrogens with zero attached hydrogens (tertiary/aromatic N) is 1. The highest BCUT2D eigenvalue weighted by molar-refractivity contribution is 6.31. The summed E-state index contributed by atoms with van der Waals surface area (Å²) in [5.41, 5.74) is 1.37. The fourth-order valence-corrected chi connectivity index (χ4v) is 5.22. The number of amides is 3. The normalized spacial score (nSPS) is 28.4. The van der Waals surface area contributed by atoms with E-state index in [1.54, 1.807) is 18.2 Å². The molecule has 0 unspecified atom stereocenters. The van der Waals surface area contributed by atoms with Crippen LogP contribution in [0.4, 0.5) is 5.69 Å². The minimum atomic E-state index is -1.04. The number of carbonyl (C=O) groups excluding carboxylic acids is 4. The summed E-state index contributed by atoms with van der Waals surface area (Å²) in [5.74, 6) is -1.90. The molecule has 154 valence electrons. The van der Waals surface area contributed by atoms with Crippen LogP contribution in [0, 0.1) is 30.6 Å². The van der Waals surface area contributed by atoms with Crippen molar-refractivity contribution in [1.29, 1.82) is 0 Å². The molecule has 4 rings (SSSR count). The molecule has 2 aliphatic carbocycles. The summed E-state index contributed by atoms with van der Waals surface area (Å²) in [6.07, 6.45) is 2.88. The van der Waals surface area contributed by atoms with Gasteiger partial charge in [0, 0.05) is 10.7 Å². The van der Waals surface area contributed by atoms with Crippen molar-refractivity contribution in [3.8, 4) is 0 Å². The van der Waals surface area contributed by atoms with Gasteiger partial charge in [0.05, 0.1) is 11.8 Å². The van der Waals surface area contributed by atoms with Crippen LogP contribution >= 0.6 is 11.6 Å². The molecule has 1 aliphatic heterocycles. The second-order valence-corrected chi connectivity index (χ2v) is 8.63. The molecule has 0 radical (unpaired) electrons. The SMILES string of the molecule is Cc1ccc(NC(=O)COC(=O)[C@@H](C)N2C(=O)[C@H]3[C@@H]4CC[C@H](C4)[C@@H]3C2=O)cc1Cl. The molecule has 7 nitrogen and oxygen atoms in total. The van der Waals surface area contributed by atoms with Crippen molar-refractivity contribution >= 4 is 41.0 Å². The van der Waals surface area contributed by atoms with Crippen LogP contribution in [0.5, 0.6) is 0 Å². The first kappa shape index (κ1) is 19.9. The van der Waals surface area contributed by atoms with Gasteiger partial charge in [0.1, 0.15) is 6.04 Å². The van der Waals surface area contributed by atoms with Crippen molar-refractivity contribution in [1.82, 2.24) is 4.90 Å². The van der Waals surface area contributed by atoms with Crippen LogP contribution in [0.3, 0.4) is 0 Å². The number of fused-ring (bicyclic) bond motifs is 5. The van der Waals surface area contributed by atoms with Gasteiger partial charge in [-0.3, -0.25) is 19.3 Å². The van der Waals surface area contributed by atoms with Crippen molar-refractivity contribution in [3.05, 3.63) is 28.8 Å². The van der Waals surface area contributed by atoms with Gasteiger partial charge in [-0.15, -0.1) is 0 Å². The van der Waals surface area contributed by atoms with Gasteiger partial charge >= 0.3 is 5.97 Å². The first-order valence-electron chi connectivity index (χ1n) is 9.87. The van der Waals surface area contributed by atoms with Gasteiger partial charge in [-0.05, 0) is 62.6 Å². The van der Waals surface area contributed by atoms with E-state index in [0.717, 1.165) is 29.7 Å². The molecule has 1 saturated heterocycles. The Morgan fingerprint density at radius 2 is 1.83 bits per heavy atom. The highest BCUT2D eigenvalue weighted by Gasteiger charge is 2.62. The number of aryl methyl sites for hydroxylation is 1.